The van der Waals surface area contributed by atoms with E-state index in [-0.39, 0.29) is 10.6 Å². The molecule has 0 fully saturated rings. The summed E-state index contributed by atoms with van der Waals surface area (Å²) < 4.78 is 0. The van der Waals surface area contributed by atoms with Gasteiger partial charge in [-0.1, -0.05) is 23.9 Å². The molecule has 1 aromatic heterocycles. The monoisotopic (exact) mass is 290 g/mol. The van der Waals surface area contributed by atoms with E-state index in [1.54, 1.807) is 24.5 Å². The molecule has 2 aromatic rings. The van der Waals surface area contributed by atoms with E-state index >= 15 is 0 Å². The summed E-state index contributed by atoms with van der Waals surface area (Å²) in [6, 6.07) is 6.83. The van der Waals surface area contributed by atoms with E-state index in [2.05, 4.69) is 15.3 Å². The maximum atomic E-state index is 11.1. The Morgan fingerprint density at radius 2 is 2.05 bits per heavy atom. The molecule has 0 aliphatic rings. The van der Waals surface area contributed by atoms with Gasteiger partial charge in [0.15, 0.2) is 5.16 Å². The first-order valence-corrected chi connectivity index (χ1v) is 7.11. The third kappa shape index (κ3) is 3.45. The van der Waals surface area contributed by atoms with E-state index < -0.39 is 0 Å². The van der Waals surface area contributed by atoms with Crippen LogP contribution in [0.4, 0.5) is 11.4 Å². The van der Waals surface area contributed by atoms with Crippen LogP contribution in [0, 0.1) is 10.1 Å². The van der Waals surface area contributed by atoms with Crippen molar-refractivity contribution in [3.8, 4) is 0 Å². The van der Waals surface area contributed by atoms with E-state index in [0.29, 0.717) is 23.1 Å². The molecule has 0 saturated carbocycles. The van der Waals surface area contributed by atoms with Gasteiger partial charge in [-0.25, -0.2) is 9.97 Å². The van der Waals surface area contributed by atoms with Crippen LogP contribution >= 0.6 is 11.8 Å². The lowest BCUT2D eigenvalue weighted by Crippen LogP contribution is -2.04. The number of anilines is 1. The first-order valence-electron chi connectivity index (χ1n) is 6.12. The topological polar surface area (TPSA) is 81.0 Å². The highest BCUT2D eigenvalue weighted by Crippen LogP contribution is 2.31. The molecule has 0 unspecified atom stereocenters. The van der Waals surface area contributed by atoms with Gasteiger partial charge in [0.1, 0.15) is 5.69 Å². The minimum atomic E-state index is -0.370. The molecule has 104 valence electrons. The molecule has 0 atom stereocenters. The Balaban J connectivity index is 2.22. The highest BCUT2D eigenvalue weighted by Gasteiger charge is 2.16. The van der Waals surface area contributed by atoms with Gasteiger partial charge in [-0.3, -0.25) is 10.1 Å². The lowest BCUT2D eigenvalue weighted by molar-refractivity contribution is -0.384. The largest absolute Gasteiger partial charge is 0.380 e. The zero-order valence-electron chi connectivity index (χ0n) is 10.9. The lowest BCUT2D eigenvalue weighted by Gasteiger charge is -2.10. The van der Waals surface area contributed by atoms with E-state index in [9.17, 15) is 10.1 Å². The van der Waals surface area contributed by atoms with E-state index in [1.807, 2.05) is 13.0 Å². The lowest BCUT2D eigenvalue weighted by atomic mass is 10.1. The molecule has 6 nitrogen and oxygen atoms in total. The molecular formula is C13H14N4O2S. The first-order chi connectivity index (χ1) is 9.72. The van der Waals surface area contributed by atoms with Gasteiger partial charge >= 0.3 is 0 Å². The molecule has 0 bridgehead atoms. The minimum absolute atomic E-state index is 0.0962. The van der Waals surface area contributed by atoms with Crippen LogP contribution in [0.15, 0.2) is 41.8 Å². The number of nitro groups is 1. The highest BCUT2D eigenvalue weighted by molar-refractivity contribution is 7.98. The zero-order chi connectivity index (χ0) is 14.4. The fourth-order valence-electron chi connectivity index (χ4n) is 1.74. The van der Waals surface area contributed by atoms with Crippen molar-refractivity contribution >= 4 is 23.1 Å². The molecule has 20 heavy (non-hydrogen) atoms. The Kier molecular flexibility index (Phi) is 4.89. The highest BCUT2D eigenvalue weighted by atomic mass is 32.2. The van der Waals surface area contributed by atoms with E-state index in [0.717, 1.165) is 5.56 Å². The van der Waals surface area contributed by atoms with E-state index in [4.69, 9.17) is 0 Å². The number of hydrogen-bond acceptors (Lipinski definition) is 6. The van der Waals surface area contributed by atoms with Gasteiger partial charge in [0, 0.05) is 30.8 Å². The average molecular weight is 290 g/mol. The second kappa shape index (κ2) is 6.85. The van der Waals surface area contributed by atoms with Crippen molar-refractivity contribution in [2.24, 2.45) is 0 Å². The number of thioether (sulfide) groups is 1. The number of nitrogens with one attached hydrogen (secondary N) is 1. The number of aromatic nitrogens is 2. The Hall–Kier alpha value is -2.15. The van der Waals surface area contributed by atoms with Gasteiger partial charge in [0.05, 0.1) is 4.92 Å². The Labute approximate surface area is 120 Å². The zero-order valence-corrected chi connectivity index (χ0v) is 11.8. The fraction of sp³-hybridized carbons (Fsp3) is 0.231. The van der Waals surface area contributed by atoms with Crippen LogP contribution in [0.5, 0.6) is 0 Å². The van der Waals surface area contributed by atoms with Crippen LogP contribution in [0.25, 0.3) is 0 Å². The molecule has 0 saturated heterocycles. The third-order valence-corrected chi connectivity index (χ3v) is 3.50. The molecule has 1 heterocycles. The van der Waals surface area contributed by atoms with Crippen LogP contribution in [-0.2, 0) is 5.75 Å². The van der Waals surface area contributed by atoms with Crippen molar-refractivity contribution in [3.63, 3.8) is 0 Å². The Bertz CT molecular complexity index is 592. The first kappa shape index (κ1) is 14.3. The summed E-state index contributed by atoms with van der Waals surface area (Å²) in [4.78, 5) is 18.9. The van der Waals surface area contributed by atoms with Crippen molar-refractivity contribution in [1.29, 1.82) is 0 Å². The van der Waals surface area contributed by atoms with Crippen molar-refractivity contribution in [2.75, 3.05) is 11.9 Å². The van der Waals surface area contributed by atoms with Crippen molar-refractivity contribution in [1.82, 2.24) is 9.97 Å². The van der Waals surface area contributed by atoms with E-state index in [1.165, 1.54) is 17.8 Å². The van der Waals surface area contributed by atoms with Crippen molar-refractivity contribution < 1.29 is 4.92 Å². The summed E-state index contributed by atoms with van der Waals surface area (Å²) in [5.41, 5.74) is 1.54. The quantitative estimate of drug-likeness (QED) is 0.381. The molecule has 0 radical (unpaired) electrons. The SMILES string of the molecule is CCNc1c(CSc2ncccn2)cccc1[N+](=O)[O-]. The van der Waals surface area contributed by atoms with Crippen LogP contribution in [0.1, 0.15) is 12.5 Å². The number of nitro benzene ring substituents is 1. The predicted molar refractivity (Wildman–Crippen MR) is 78.9 cm³/mol. The summed E-state index contributed by atoms with van der Waals surface area (Å²) in [5, 5.41) is 14.8. The maximum absolute atomic E-state index is 11.1. The second-order valence-corrected chi connectivity index (χ2v) is 4.86. The minimum Gasteiger partial charge on any atom is -0.380 e. The van der Waals surface area contributed by atoms with Gasteiger partial charge in [0.25, 0.3) is 5.69 Å². The Morgan fingerprint density at radius 3 is 2.70 bits per heavy atom. The summed E-state index contributed by atoms with van der Waals surface area (Å²) >= 11 is 1.45. The Morgan fingerprint density at radius 1 is 1.30 bits per heavy atom. The molecule has 0 aliphatic carbocycles. The van der Waals surface area contributed by atoms with Crippen LogP contribution in [0.2, 0.25) is 0 Å². The maximum Gasteiger partial charge on any atom is 0.292 e. The average Bonchev–Trinajstić information content (AvgIpc) is 2.47. The number of nitrogens with zero attached hydrogens (tertiary/aromatic N) is 3. The normalized spacial score (nSPS) is 10.2. The number of benzene rings is 1. The molecule has 0 amide bonds. The van der Waals surface area contributed by atoms with Crippen LogP contribution in [-0.4, -0.2) is 21.4 Å². The molecule has 1 N–H and O–H groups in total. The fourth-order valence-corrected chi connectivity index (χ4v) is 2.54. The van der Waals surface area contributed by atoms with Gasteiger partial charge < -0.3 is 5.32 Å². The van der Waals surface area contributed by atoms with Gasteiger partial charge in [-0.05, 0) is 18.6 Å². The molecule has 2 rings (SSSR count). The summed E-state index contributed by atoms with van der Waals surface area (Å²) in [7, 11) is 0. The molecular weight excluding hydrogens is 276 g/mol. The van der Waals surface area contributed by atoms with Crippen molar-refractivity contribution in [2.45, 2.75) is 17.8 Å². The number of hydrogen-bond donors (Lipinski definition) is 1. The summed E-state index contributed by atoms with van der Waals surface area (Å²) in [6.07, 6.45) is 3.35. The summed E-state index contributed by atoms with van der Waals surface area (Å²) in [5.74, 6) is 0.577. The second-order valence-electron chi connectivity index (χ2n) is 3.92. The summed E-state index contributed by atoms with van der Waals surface area (Å²) in [6.45, 7) is 2.54. The standard InChI is InChI=1S/C13H14N4O2S/c1-2-14-12-10(5-3-6-11(12)17(18)19)9-20-13-15-7-4-8-16-13/h3-8,14H,2,9H2,1H3. The predicted octanol–water partition coefficient (Wildman–Crippen LogP) is 3.11. The molecule has 7 heteroatoms. The number of para-hydroxylation sites is 1. The van der Waals surface area contributed by atoms with Crippen molar-refractivity contribution in [3.05, 3.63) is 52.3 Å². The van der Waals surface area contributed by atoms with Crippen LogP contribution in [0.3, 0.4) is 0 Å². The number of rotatable bonds is 6. The van der Waals surface area contributed by atoms with Gasteiger partial charge in [-0.15, -0.1) is 0 Å². The molecule has 1 aromatic carbocycles. The molecule has 0 aliphatic heterocycles. The molecule has 0 spiro atoms. The van der Waals surface area contributed by atoms with Gasteiger partial charge in [0.2, 0.25) is 0 Å². The van der Waals surface area contributed by atoms with Crippen LogP contribution < -0.4 is 5.32 Å². The van der Waals surface area contributed by atoms with Gasteiger partial charge in [-0.2, -0.15) is 0 Å². The smallest absolute Gasteiger partial charge is 0.292 e. The third-order valence-electron chi connectivity index (χ3n) is 2.58.